The Kier molecular flexibility index (Phi) is 5.41. The molecule has 0 spiro atoms. The van der Waals surface area contributed by atoms with Crippen molar-refractivity contribution in [3.05, 3.63) is 23.2 Å². The van der Waals surface area contributed by atoms with Gasteiger partial charge in [0.1, 0.15) is 5.52 Å². The van der Waals surface area contributed by atoms with Crippen LogP contribution in [0.3, 0.4) is 0 Å². The Morgan fingerprint density at radius 3 is 3.10 bits per heavy atom. The lowest BCUT2D eigenvalue weighted by Crippen LogP contribution is -2.40. The summed E-state index contributed by atoms with van der Waals surface area (Å²) in [6, 6.07) is 5.45. The molecule has 3 rings (SSSR count). The summed E-state index contributed by atoms with van der Waals surface area (Å²) in [7, 11) is 0. The van der Waals surface area contributed by atoms with Crippen molar-refractivity contribution in [3.8, 4) is 0 Å². The van der Waals surface area contributed by atoms with Crippen LogP contribution in [0.2, 0.25) is 5.02 Å². The van der Waals surface area contributed by atoms with Gasteiger partial charge >= 0.3 is 0 Å². The zero-order valence-electron chi connectivity index (χ0n) is 11.2. The van der Waals surface area contributed by atoms with E-state index in [0.717, 1.165) is 12.1 Å². The number of nitrogens with zero attached hydrogens (tertiary/aromatic N) is 1. The smallest absolute Gasteiger partial charge is 0.229 e. The van der Waals surface area contributed by atoms with Gasteiger partial charge < -0.3 is 15.0 Å². The maximum atomic E-state index is 11.9. The quantitative estimate of drug-likeness (QED) is 0.803. The average Bonchev–Trinajstić information content (AvgIpc) is 2.83. The van der Waals surface area contributed by atoms with Crippen LogP contribution in [0.1, 0.15) is 6.42 Å². The van der Waals surface area contributed by atoms with Crippen molar-refractivity contribution in [3.63, 3.8) is 0 Å². The van der Waals surface area contributed by atoms with Crippen LogP contribution in [0.25, 0.3) is 11.0 Å². The molecule has 8 heteroatoms. The van der Waals surface area contributed by atoms with Crippen LogP contribution in [0.4, 0.5) is 5.95 Å². The van der Waals surface area contributed by atoms with Crippen molar-refractivity contribution in [2.24, 2.45) is 0 Å². The Bertz CT molecular complexity index is 626. The number of amides is 1. The van der Waals surface area contributed by atoms with Gasteiger partial charge in [0.15, 0.2) is 0 Å². The SMILES string of the molecule is Cl.O=C(CC1CNCCO1)Nc1nc2c(Cl)cccc2[nH]1. The lowest BCUT2D eigenvalue weighted by Gasteiger charge is -2.22. The van der Waals surface area contributed by atoms with E-state index in [0.29, 0.717) is 36.1 Å². The number of carbonyl (C=O) groups is 1. The fraction of sp³-hybridized carbons (Fsp3) is 0.385. The van der Waals surface area contributed by atoms with Crippen molar-refractivity contribution in [2.45, 2.75) is 12.5 Å². The summed E-state index contributed by atoms with van der Waals surface area (Å²) in [6.07, 6.45) is 0.217. The third-order valence-electron chi connectivity index (χ3n) is 3.14. The van der Waals surface area contributed by atoms with Gasteiger partial charge in [-0.15, -0.1) is 12.4 Å². The minimum absolute atomic E-state index is 0. The molecule has 0 bridgehead atoms. The zero-order chi connectivity index (χ0) is 13.9. The molecule has 0 saturated carbocycles. The predicted octanol–water partition coefficient (Wildman–Crippen LogP) is 1.96. The molecule has 0 aliphatic carbocycles. The molecule has 0 radical (unpaired) electrons. The van der Waals surface area contributed by atoms with Crippen molar-refractivity contribution < 1.29 is 9.53 Å². The summed E-state index contributed by atoms with van der Waals surface area (Å²) in [5, 5.41) is 6.48. The van der Waals surface area contributed by atoms with E-state index in [-0.39, 0.29) is 24.4 Å². The van der Waals surface area contributed by atoms with Crippen molar-refractivity contribution in [1.82, 2.24) is 15.3 Å². The summed E-state index contributed by atoms with van der Waals surface area (Å²) in [4.78, 5) is 19.2. The number of fused-ring (bicyclic) bond motifs is 1. The largest absolute Gasteiger partial charge is 0.375 e. The Labute approximate surface area is 133 Å². The number of carbonyl (C=O) groups excluding carboxylic acids is 1. The van der Waals surface area contributed by atoms with E-state index in [1.165, 1.54) is 0 Å². The highest BCUT2D eigenvalue weighted by molar-refractivity contribution is 6.35. The van der Waals surface area contributed by atoms with Gasteiger partial charge in [-0.25, -0.2) is 4.98 Å². The standard InChI is InChI=1S/C13H15ClN4O2.ClH/c14-9-2-1-3-10-12(9)18-13(16-10)17-11(19)6-8-7-15-4-5-20-8;/h1-3,8,15H,4-7H2,(H2,16,17,18,19);1H. The van der Waals surface area contributed by atoms with Gasteiger partial charge in [0.25, 0.3) is 0 Å². The van der Waals surface area contributed by atoms with E-state index in [1.54, 1.807) is 6.07 Å². The predicted molar refractivity (Wildman–Crippen MR) is 84.2 cm³/mol. The number of para-hydroxylation sites is 1. The summed E-state index contributed by atoms with van der Waals surface area (Å²) < 4.78 is 5.49. The van der Waals surface area contributed by atoms with Crippen LogP contribution < -0.4 is 10.6 Å². The first-order valence-electron chi connectivity index (χ1n) is 6.49. The van der Waals surface area contributed by atoms with E-state index in [4.69, 9.17) is 16.3 Å². The van der Waals surface area contributed by atoms with Gasteiger partial charge in [0.05, 0.1) is 29.7 Å². The first-order chi connectivity index (χ1) is 9.72. The molecule has 1 atom stereocenters. The molecule has 1 unspecified atom stereocenters. The number of rotatable bonds is 3. The van der Waals surface area contributed by atoms with Gasteiger partial charge in [-0.2, -0.15) is 0 Å². The number of imidazole rings is 1. The number of benzene rings is 1. The number of ether oxygens (including phenoxy) is 1. The number of H-pyrrole nitrogens is 1. The molecule has 1 aromatic heterocycles. The number of aromatic nitrogens is 2. The number of hydrogen-bond acceptors (Lipinski definition) is 4. The molecule has 1 amide bonds. The maximum Gasteiger partial charge on any atom is 0.229 e. The van der Waals surface area contributed by atoms with Crippen LogP contribution in [-0.4, -0.2) is 41.7 Å². The first-order valence-corrected chi connectivity index (χ1v) is 6.86. The number of aromatic amines is 1. The summed E-state index contributed by atoms with van der Waals surface area (Å²) in [5.74, 6) is 0.274. The number of halogens is 2. The Morgan fingerprint density at radius 2 is 2.38 bits per heavy atom. The lowest BCUT2D eigenvalue weighted by molar-refractivity contribution is -0.119. The van der Waals surface area contributed by atoms with E-state index in [2.05, 4.69) is 20.6 Å². The Morgan fingerprint density at radius 1 is 1.52 bits per heavy atom. The van der Waals surface area contributed by atoms with Crippen molar-refractivity contribution in [1.29, 1.82) is 0 Å². The fourth-order valence-corrected chi connectivity index (χ4v) is 2.41. The monoisotopic (exact) mass is 330 g/mol. The molecule has 21 heavy (non-hydrogen) atoms. The molecule has 1 fully saturated rings. The molecule has 6 nitrogen and oxygen atoms in total. The number of morpholine rings is 1. The molecule has 1 saturated heterocycles. The van der Waals surface area contributed by atoms with E-state index in [9.17, 15) is 4.79 Å². The van der Waals surface area contributed by atoms with Gasteiger partial charge in [-0.05, 0) is 12.1 Å². The zero-order valence-corrected chi connectivity index (χ0v) is 12.8. The maximum absolute atomic E-state index is 11.9. The highest BCUT2D eigenvalue weighted by Gasteiger charge is 2.18. The minimum Gasteiger partial charge on any atom is -0.375 e. The van der Waals surface area contributed by atoms with Crippen LogP contribution in [0.15, 0.2) is 18.2 Å². The van der Waals surface area contributed by atoms with Crippen LogP contribution in [0, 0.1) is 0 Å². The molecular formula is C13H16Cl2N4O2. The molecule has 1 aliphatic heterocycles. The van der Waals surface area contributed by atoms with Crippen molar-refractivity contribution >= 4 is 46.9 Å². The number of anilines is 1. The van der Waals surface area contributed by atoms with E-state index < -0.39 is 0 Å². The topological polar surface area (TPSA) is 79.0 Å². The molecular weight excluding hydrogens is 315 g/mol. The first kappa shape index (κ1) is 16.0. The highest BCUT2D eigenvalue weighted by Crippen LogP contribution is 2.22. The van der Waals surface area contributed by atoms with Crippen molar-refractivity contribution in [2.75, 3.05) is 25.0 Å². The average molecular weight is 331 g/mol. The lowest BCUT2D eigenvalue weighted by atomic mass is 10.2. The van der Waals surface area contributed by atoms with E-state index >= 15 is 0 Å². The van der Waals surface area contributed by atoms with Crippen LogP contribution in [-0.2, 0) is 9.53 Å². The molecule has 1 aromatic carbocycles. The molecule has 2 aromatic rings. The number of hydrogen-bond donors (Lipinski definition) is 3. The molecule has 1 aliphatic rings. The summed E-state index contributed by atoms with van der Waals surface area (Å²) >= 11 is 6.04. The van der Waals surface area contributed by atoms with Gasteiger partial charge in [0.2, 0.25) is 11.9 Å². The van der Waals surface area contributed by atoms with Crippen LogP contribution in [0.5, 0.6) is 0 Å². The number of nitrogens with one attached hydrogen (secondary N) is 3. The highest BCUT2D eigenvalue weighted by atomic mass is 35.5. The molecule has 114 valence electrons. The van der Waals surface area contributed by atoms with E-state index in [1.807, 2.05) is 12.1 Å². The summed E-state index contributed by atoms with van der Waals surface area (Å²) in [5.41, 5.74) is 1.45. The second kappa shape index (κ2) is 7.09. The van der Waals surface area contributed by atoms with Crippen LogP contribution >= 0.6 is 24.0 Å². The fourth-order valence-electron chi connectivity index (χ4n) is 2.20. The van der Waals surface area contributed by atoms with Gasteiger partial charge in [-0.3, -0.25) is 10.1 Å². The normalized spacial score (nSPS) is 18.2. The molecule has 3 N–H and O–H groups in total. The van der Waals surface area contributed by atoms with Gasteiger partial charge in [-0.1, -0.05) is 17.7 Å². The second-order valence-corrected chi connectivity index (χ2v) is 5.08. The summed E-state index contributed by atoms with van der Waals surface area (Å²) in [6.45, 7) is 2.16. The third kappa shape index (κ3) is 3.85. The van der Waals surface area contributed by atoms with Gasteiger partial charge in [0, 0.05) is 13.1 Å². The minimum atomic E-state index is -0.131. The third-order valence-corrected chi connectivity index (χ3v) is 3.44. The Hall–Kier alpha value is -1.34. The molecule has 2 heterocycles. The second-order valence-electron chi connectivity index (χ2n) is 4.67. The Balaban J connectivity index is 0.00000161.